The number of benzene rings is 1. The maximum absolute atomic E-state index is 12.6. The van der Waals surface area contributed by atoms with Crippen molar-refractivity contribution in [2.24, 2.45) is 0 Å². The summed E-state index contributed by atoms with van der Waals surface area (Å²) in [7, 11) is 0. The van der Waals surface area contributed by atoms with Gasteiger partial charge in [-0.25, -0.2) is 0 Å². The summed E-state index contributed by atoms with van der Waals surface area (Å²) < 4.78 is 0. The number of aromatic nitrogens is 1. The Morgan fingerprint density at radius 1 is 1.04 bits per heavy atom. The fraction of sp³-hybridized carbons (Fsp3) is 0.381. The fourth-order valence-corrected chi connectivity index (χ4v) is 2.85. The predicted molar refractivity (Wildman–Crippen MR) is 104 cm³/mol. The number of nitrogens with one attached hydrogen (secondary N) is 2. The topological polar surface area (TPSA) is 91.3 Å². The minimum absolute atomic E-state index is 0.176. The zero-order chi connectivity index (χ0) is 19.5. The van der Waals surface area contributed by atoms with E-state index in [0.29, 0.717) is 12.8 Å². The van der Waals surface area contributed by atoms with Gasteiger partial charge in [-0.15, -0.1) is 0 Å². The van der Waals surface area contributed by atoms with E-state index in [1.54, 1.807) is 12.4 Å². The molecule has 6 nitrogen and oxygen atoms in total. The van der Waals surface area contributed by atoms with Crippen LogP contribution in [0.1, 0.15) is 30.9 Å². The van der Waals surface area contributed by atoms with E-state index in [4.69, 9.17) is 0 Å². The molecule has 6 heteroatoms. The van der Waals surface area contributed by atoms with Crippen LogP contribution in [-0.4, -0.2) is 40.6 Å². The highest BCUT2D eigenvalue weighted by Crippen LogP contribution is 2.05. The van der Waals surface area contributed by atoms with Crippen molar-refractivity contribution in [1.82, 2.24) is 15.6 Å². The number of aliphatic hydroxyl groups excluding tert-OH is 1. The molecule has 2 amide bonds. The van der Waals surface area contributed by atoms with Gasteiger partial charge >= 0.3 is 0 Å². The van der Waals surface area contributed by atoms with Crippen molar-refractivity contribution in [3.63, 3.8) is 0 Å². The minimum Gasteiger partial charge on any atom is -0.394 e. The first-order chi connectivity index (χ1) is 13.1. The number of amides is 2. The maximum Gasteiger partial charge on any atom is 0.242 e. The van der Waals surface area contributed by atoms with Gasteiger partial charge in [0.1, 0.15) is 6.04 Å². The van der Waals surface area contributed by atoms with E-state index in [2.05, 4.69) is 15.6 Å². The monoisotopic (exact) mass is 369 g/mol. The van der Waals surface area contributed by atoms with Crippen LogP contribution in [0, 0.1) is 0 Å². The number of hydrogen-bond acceptors (Lipinski definition) is 4. The van der Waals surface area contributed by atoms with Crippen LogP contribution in [0.2, 0.25) is 0 Å². The van der Waals surface area contributed by atoms with E-state index in [9.17, 15) is 14.7 Å². The van der Waals surface area contributed by atoms with E-state index in [1.165, 1.54) is 0 Å². The first-order valence-electron chi connectivity index (χ1n) is 9.25. The molecule has 0 fully saturated rings. The van der Waals surface area contributed by atoms with E-state index in [-0.39, 0.29) is 24.8 Å². The second kappa shape index (κ2) is 11.1. The molecule has 1 aromatic carbocycles. The van der Waals surface area contributed by atoms with Gasteiger partial charge in [0.05, 0.1) is 19.1 Å². The molecule has 0 saturated heterocycles. The van der Waals surface area contributed by atoms with Crippen LogP contribution in [0.15, 0.2) is 54.9 Å². The van der Waals surface area contributed by atoms with E-state index >= 15 is 0 Å². The van der Waals surface area contributed by atoms with Crippen molar-refractivity contribution in [2.75, 3.05) is 6.61 Å². The number of pyridine rings is 1. The lowest BCUT2D eigenvalue weighted by atomic mass is 10.1. The van der Waals surface area contributed by atoms with Gasteiger partial charge in [0.15, 0.2) is 0 Å². The molecule has 27 heavy (non-hydrogen) atoms. The zero-order valence-electron chi connectivity index (χ0n) is 15.6. The fourth-order valence-electron chi connectivity index (χ4n) is 2.85. The van der Waals surface area contributed by atoms with Crippen LogP contribution in [0.5, 0.6) is 0 Å². The van der Waals surface area contributed by atoms with Crippen LogP contribution in [-0.2, 0) is 22.4 Å². The lowest BCUT2D eigenvalue weighted by Gasteiger charge is -2.22. The largest absolute Gasteiger partial charge is 0.394 e. The number of nitrogens with zero attached hydrogens (tertiary/aromatic N) is 1. The van der Waals surface area contributed by atoms with Crippen molar-refractivity contribution >= 4 is 11.8 Å². The molecule has 2 atom stereocenters. The van der Waals surface area contributed by atoms with Gasteiger partial charge < -0.3 is 15.7 Å². The molecule has 144 valence electrons. The summed E-state index contributed by atoms with van der Waals surface area (Å²) in [5.74, 6) is -0.462. The SMILES string of the molecule is CCCC(NC(=O)Cc1ccccc1)C(=O)NC(CO)Cc1ccncc1. The van der Waals surface area contributed by atoms with Gasteiger partial charge in [0, 0.05) is 12.4 Å². The van der Waals surface area contributed by atoms with Gasteiger partial charge in [0.2, 0.25) is 11.8 Å². The standard InChI is InChI=1S/C21H27N3O3/c1-2-6-19(24-20(26)14-16-7-4-3-5-8-16)21(27)23-18(15-25)13-17-9-11-22-12-10-17/h3-5,7-12,18-19,25H,2,6,13-15H2,1H3,(H,23,27)(H,24,26). The van der Waals surface area contributed by atoms with E-state index in [1.807, 2.05) is 49.4 Å². The summed E-state index contributed by atoms with van der Waals surface area (Å²) in [5.41, 5.74) is 1.88. The van der Waals surface area contributed by atoms with Crippen LogP contribution >= 0.6 is 0 Å². The van der Waals surface area contributed by atoms with Crippen molar-refractivity contribution in [3.8, 4) is 0 Å². The van der Waals surface area contributed by atoms with Crippen LogP contribution in [0.4, 0.5) is 0 Å². The number of carbonyl (C=O) groups is 2. The molecule has 0 aliphatic rings. The molecular weight excluding hydrogens is 342 g/mol. The lowest BCUT2D eigenvalue weighted by molar-refractivity contribution is -0.129. The zero-order valence-corrected chi connectivity index (χ0v) is 15.6. The quantitative estimate of drug-likeness (QED) is 0.594. The Balaban J connectivity index is 1.93. The smallest absolute Gasteiger partial charge is 0.242 e. The van der Waals surface area contributed by atoms with E-state index < -0.39 is 12.1 Å². The van der Waals surface area contributed by atoms with Gasteiger partial charge in [-0.1, -0.05) is 43.7 Å². The second-order valence-corrected chi connectivity index (χ2v) is 6.52. The molecule has 0 spiro atoms. The second-order valence-electron chi connectivity index (χ2n) is 6.52. The summed E-state index contributed by atoms with van der Waals surface area (Å²) in [5, 5.41) is 15.3. The molecule has 2 aromatic rings. The van der Waals surface area contributed by atoms with Crippen molar-refractivity contribution in [2.45, 2.75) is 44.7 Å². The molecule has 0 aliphatic heterocycles. The molecule has 0 radical (unpaired) electrons. The van der Waals surface area contributed by atoms with Gasteiger partial charge in [-0.05, 0) is 36.1 Å². The lowest BCUT2D eigenvalue weighted by Crippen LogP contribution is -2.51. The average Bonchev–Trinajstić information content (AvgIpc) is 2.68. The summed E-state index contributed by atoms with van der Waals surface area (Å²) in [4.78, 5) is 28.9. The van der Waals surface area contributed by atoms with E-state index in [0.717, 1.165) is 17.5 Å². The van der Waals surface area contributed by atoms with Crippen LogP contribution in [0.25, 0.3) is 0 Å². The Kier molecular flexibility index (Phi) is 8.45. The summed E-state index contributed by atoms with van der Waals surface area (Å²) >= 11 is 0. The Morgan fingerprint density at radius 3 is 2.37 bits per heavy atom. The molecule has 2 unspecified atom stereocenters. The highest BCUT2D eigenvalue weighted by atomic mass is 16.3. The van der Waals surface area contributed by atoms with Gasteiger partial charge in [-0.2, -0.15) is 0 Å². The third kappa shape index (κ3) is 7.19. The number of hydrogen-bond donors (Lipinski definition) is 3. The third-order valence-corrected chi connectivity index (χ3v) is 4.23. The molecule has 3 N–H and O–H groups in total. The molecule has 1 aromatic heterocycles. The Bertz CT molecular complexity index is 707. The minimum atomic E-state index is -0.613. The first-order valence-corrected chi connectivity index (χ1v) is 9.25. The maximum atomic E-state index is 12.6. The molecule has 1 heterocycles. The molecule has 2 rings (SSSR count). The summed E-state index contributed by atoms with van der Waals surface area (Å²) in [6.45, 7) is 1.79. The normalized spacial score (nSPS) is 12.8. The highest BCUT2D eigenvalue weighted by molar-refractivity contribution is 5.88. The molecule has 0 aliphatic carbocycles. The molecular formula is C21H27N3O3. The number of rotatable bonds is 10. The molecule has 0 bridgehead atoms. The summed E-state index contributed by atoms with van der Waals surface area (Å²) in [6.07, 6.45) is 5.39. The molecule has 0 saturated carbocycles. The average molecular weight is 369 g/mol. The first kappa shape index (κ1) is 20.6. The highest BCUT2D eigenvalue weighted by Gasteiger charge is 2.22. The Morgan fingerprint density at radius 2 is 1.74 bits per heavy atom. The van der Waals surface area contributed by atoms with Crippen molar-refractivity contribution in [1.29, 1.82) is 0 Å². The number of aliphatic hydroxyl groups is 1. The van der Waals surface area contributed by atoms with Crippen molar-refractivity contribution < 1.29 is 14.7 Å². The van der Waals surface area contributed by atoms with Crippen LogP contribution in [0.3, 0.4) is 0 Å². The van der Waals surface area contributed by atoms with Crippen LogP contribution < -0.4 is 10.6 Å². The Hall–Kier alpha value is -2.73. The Labute approximate surface area is 160 Å². The van der Waals surface area contributed by atoms with Gasteiger partial charge in [0.25, 0.3) is 0 Å². The van der Waals surface area contributed by atoms with Crippen molar-refractivity contribution in [3.05, 3.63) is 66.0 Å². The van der Waals surface area contributed by atoms with Gasteiger partial charge in [-0.3, -0.25) is 14.6 Å². The predicted octanol–water partition coefficient (Wildman–Crippen LogP) is 1.63. The summed E-state index contributed by atoms with van der Waals surface area (Å²) in [6, 6.07) is 12.1. The third-order valence-electron chi connectivity index (χ3n) is 4.23. The number of carbonyl (C=O) groups excluding carboxylic acids is 2.